The fraction of sp³-hybridized carbons (Fsp3) is 0.797. The molecule has 1 saturated heterocycles. The zero-order chi connectivity index (χ0) is 75.8. The SMILES string of the molecule is CN[C@@H](CCCCNC(=O)COCCOCCNC(=O)COCCOCCNC(=O)CCCC(=O)NCCCC[C@H](NC(=O)COCOCCNC(=O)COCCOCCNC(=O)CN1CCN(COC=O)CCN(COC=O)CCN(CC(=O)O)CC1)C(=O)NCCCC[C@H](C)C(N)=O)C(N)=O. The van der Waals surface area contributed by atoms with Crippen LogP contribution < -0.4 is 59.3 Å². The number of nitrogens with one attached hydrogen (secondary N) is 9. The van der Waals surface area contributed by atoms with E-state index in [0.29, 0.717) is 136 Å². The summed E-state index contributed by atoms with van der Waals surface area (Å²) in [6, 6.07) is -1.31. The molecule has 0 bridgehead atoms. The number of nitrogens with two attached hydrogens (primary N) is 2. The van der Waals surface area contributed by atoms with Crippen LogP contribution in [-0.2, 0) is 110 Å². The van der Waals surface area contributed by atoms with Crippen LogP contribution in [0.3, 0.4) is 0 Å². The maximum absolute atomic E-state index is 13.2. The molecule has 0 radical (unpaired) electrons. The number of primary amides is 2. The molecule has 103 heavy (non-hydrogen) atoms. The topological polar surface area (TPSA) is 508 Å². The van der Waals surface area contributed by atoms with Crippen molar-refractivity contribution in [2.24, 2.45) is 17.4 Å². The van der Waals surface area contributed by atoms with Gasteiger partial charge in [-0.25, -0.2) is 0 Å². The van der Waals surface area contributed by atoms with Crippen LogP contribution in [0.5, 0.6) is 0 Å². The number of carboxylic acids is 1. The van der Waals surface area contributed by atoms with Gasteiger partial charge < -0.3 is 112 Å². The minimum Gasteiger partial charge on any atom is -0.480 e. The quantitative estimate of drug-likeness (QED) is 0.0153. The first kappa shape index (κ1) is 93.6. The van der Waals surface area contributed by atoms with Gasteiger partial charge in [-0.3, -0.25) is 81.9 Å². The second-order valence-corrected chi connectivity index (χ2v) is 23.7. The van der Waals surface area contributed by atoms with Gasteiger partial charge in [0.25, 0.3) is 12.9 Å². The normalized spacial score (nSPS) is 14.2. The molecule has 3 atom stereocenters. The Bertz CT molecular complexity index is 2400. The average Bonchev–Trinajstić information content (AvgIpc) is 0.940. The van der Waals surface area contributed by atoms with Gasteiger partial charge >= 0.3 is 5.97 Å². The van der Waals surface area contributed by atoms with Gasteiger partial charge in [-0.2, -0.15) is 0 Å². The fourth-order valence-electron chi connectivity index (χ4n) is 9.46. The van der Waals surface area contributed by atoms with Crippen molar-refractivity contribution < 1.29 is 115 Å². The zero-order valence-corrected chi connectivity index (χ0v) is 60.2. The van der Waals surface area contributed by atoms with Crippen molar-refractivity contribution in [2.75, 3.05) is 231 Å². The Balaban J connectivity index is 2.26. The molecule has 0 saturated carbocycles. The molecule has 1 fully saturated rings. The highest BCUT2D eigenvalue weighted by Gasteiger charge is 2.23. The highest BCUT2D eigenvalue weighted by Crippen LogP contribution is 2.08. The Morgan fingerprint density at radius 1 is 0.398 bits per heavy atom. The Hall–Kier alpha value is -7.41. The summed E-state index contributed by atoms with van der Waals surface area (Å²) in [4.78, 5) is 163. The lowest BCUT2D eigenvalue weighted by molar-refractivity contribution is -0.139. The molecule has 1 aliphatic heterocycles. The molecular weight excluding hydrogens is 1360 g/mol. The summed E-state index contributed by atoms with van der Waals surface area (Å²) in [6.07, 6.45) is 5.52. The lowest BCUT2D eigenvalue weighted by Gasteiger charge is -2.33. The molecule has 0 aliphatic carbocycles. The van der Waals surface area contributed by atoms with Crippen molar-refractivity contribution in [1.29, 1.82) is 0 Å². The number of likely N-dealkylation sites (N-methyl/N-ethyl adjacent to an activating group) is 1. The van der Waals surface area contributed by atoms with E-state index in [2.05, 4.69) is 47.9 Å². The smallest absolute Gasteiger partial charge is 0.317 e. The van der Waals surface area contributed by atoms with E-state index < -0.39 is 54.2 Å². The number of nitrogens with zero attached hydrogens (tertiary/aromatic N) is 4. The molecule has 10 amide bonds. The van der Waals surface area contributed by atoms with Crippen LogP contribution in [0.15, 0.2) is 0 Å². The monoisotopic (exact) mass is 1480 g/mol. The number of carbonyl (C=O) groups is 13. The number of carbonyl (C=O) groups excluding carboxylic acids is 12. The van der Waals surface area contributed by atoms with E-state index in [1.165, 1.54) is 0 Å². The summed E-state index contributed by atoms with van der Waals surface area (Å²) in [5.41, 5.74) is 10.6. The molecule has 1 aliphatic rings. The van der Waals surface area contributed by atoms with E-state index in [0.717, 1.165) is 6.42 Å². The Labute approximate surface area is 602 Å². The number of ether oxygens (including phenoxy) is 10. The van der Waals surface area contributed by atoms with Crippen molar-refractivity contribution in [3.8, 4) is 0 Å². The first-order valence-corrected chi connectivity index (χ1v) is 35.0. The summed E-state index contributed by atoms with van der Waals surface area (Å²) in [6.45, 7) is 7.67. The van der Waals surface area contributed by atoms with E-state index in [9.17, 15) is 67.4 Å². The lowest BCUT2D eigenvalue weighted by Crippen LogP contribution is -2.49. The summed E-state index contributed by atoms with van der Waals surface area (Å²) >= 11 is 0. The van der Waals surface area contributed by atoms with Crippen molar-refractivity contribution in [3.63, 3.8) is 0 Å². The summed E-state index contributed by atoms with van der Waals surface area (Å²) < 4.78 is 53.0. The Morgan fingerprint density at radius 2 is 0.777 bits per heavy atom. The van der Waals surface area contributed by atoms with Gasteiger partial charge in [0, 0.05) is 117 Å². The molecule has 0 aromatic rings. The standard InChI is InChI=1S/C64H117N15O24/c1-51(62(65)91)10-3-6-17-74-64(93)53(12-5-8-15-68-54(82)13-9-14-55(83)70-18-30-94-34-38-98-43-58(86)72-20-32-96-36-37-97-42-57(85)69-16-7-4-11-52(67-2)63(66)92)75-60(88)45-101-50-100-33-21-73-59(87)44-99-39-35-95-31-19-71-56(84)40-76-22-23-77(41-61(89)90)25-27-79(47-103-49-81)29-28-78(26-24-76)46-102-48-80/h48-49,51-53,67H,3-47,50H2,1-2H3,(H2,65,91)(H2,66,92)(H,68,82)(H,69,85)(H,70,83)(H,71,84)(H,72,86)(H,73,87)(H,74,93)(H,75,88)(H,89,90)/t51-,52-,53-/m0/s1. The summed E-state index contributed by atoms with van der Waals surface area (Å²) in [5, 5.41) is 34.2. The van der Waals surface area contributed by atoms with Crippen LogP contribution >= 0.6 is 0 Å². The van der Waals surface area contributed by atoms with Gasteiger partial charge in [0.1, 0.15) is 52.7 Å². The average molecular weight is 1480 g/mol. The third-order valence-electron chi connectivity index (χ3n) is 15.3. The molecule has 0 aromatic carbocycles. The molecule has 0 unspecified atom stereocenters. The van der Waals surface area contributed by atoms with Crippen LogP contribution in [0.1, 0.15) is 84.0 Å². The maximum atomic E-state index is 13.2. The van der Waals surface area contributed by atoms with Gasteiger partial charge in [-0.05, 0) is 64.8 Å². The predicted molar refractivity (Wildman–Crippen MR) is 368 cm³/mol. The Morgan fingerprint density at radius 3 is 1.22 bits per heavy atom. The number of rotatable bonds is 65. The maximum Gasteiger partial charge on any atom is 0.317 e. The third kappa shape index (κ3) is 56.7. The van der Waals surface area contributed by atoms with Crippen molar-refractivity contribution in [1.82, 2.24) is 67.5 Å². The highest BCUT2D eigenvalue weighted by atomic mass is 16.7. The van der Waals surface area contributed by atoms with E-state index >= 15 is 0 Å². The van der Waals surface area contributed by atoms with Gasteiger partial charge in [0.2, 0.25) is 59.1 Å². The Kier molecular flexibility index (Phi) is 58.4. The second kappa shape index (κ2) is 64.2. The van der Waals surface area contributed by atoms with Crippen molar-refractivity contribution in [3.05, 3.63) is 0 Å². The van der Waals surface area contributed by atoms with Crippen molar-refractivity contribution >= 4 is 78.0 Å². The molecule has 0 spiro atoms. The first-order valence-electron chi connectivity index (χ1n) is 35.0. The molecule has 592 valence electrons. The number of hydrogen-bond donors (Lipinski definition) is 12. The van der Waals surface area contributed by atoms with Crippen LogP contribution in [0.4, 0.5) is 0 Å². The molecule has 1 heterocycles. The van der Waals surface area contributed by atoms with E-state index in [-0.39, 0.29) is 200 Å². The molecule has 1 rings (SSSR count). The second-order valence-electron chi connectivity index (χ2n) is 23.7. The number of amides is 10. The van der Waals surface area contributed by atoms with E-state index in [1.54, 1.807) is 18.9 Å². The van der Waals surface area contributed by atoms with Gasteiger partial charge in [-0.1, -0.05) is 13.3 Å². The highest BCUT2D eigenvalue weighted by molar-refractivity contribution is 5.88. The van der Waals surface area contributed by atoms with Gasteiger partial charge in [-0.15, -0.1) is 0 Å². The lowest BCUT2D eigenvalue weighted by atomic mass is 10.0. The molecule has 39 nitrogen and oxygen atoms in total. The van der Waals surface area contributed by atoms with Gasteiger partial charge in [0.15, 0.2) is 0 Å². The molecule has 0 aromatic heterocycles. The third-order valence-corrected chi connectivity index (χ3v) is 15.3. The van der Waals surface area contributed by atoms with Crippen LogP contribution in [0.2, 0.25) is 0 Å². The molecular formula is C64H117N15O24. The number of carboxylic acid groups (broad SMARTS) is 1. The van der Waals surface area contributed by atoms with E-state index in [1.807, 2.05) is 14.7 Å². The summed E-state index contributed by atoms with van der Waals surface area (Å²) in [5.74, 6) is -4.93. The van der Waals surface area contributed by atoms with Crippen molar-refractivity contribution in [2.45, 2.75) is 96.1 Å². The minimum absolute atomic E-state index is 0.0140. The van der Waals surface area contributed by atoms with Crippen LogP contribution in [0, 0.1) is 5.92 Å². The zero-order valence-electron chi connectivity index (χ0n) is 60.2. The largest absolute Gasteiger partial charge is 0.480 e. The van der Waals surface area contributed by atoms with E-state index in [4.69, 9.17) is 58.8 Å². The van der Waals surface area contributed by atoms with Crippen LogP contribution in [-0.4, -0.2) is 346 Å². The first-order chi connectivity index (χ1) is 49.8. The van der Waals surface area contributed by atoms with Gasteiger partial charge in [0.05, 0.1) is 85.2 Å². The summed E-state index contributed by atoms with van der Waals surface area (Å²) in [7, 11) is 1.67. The predicted octanol–water partition coefficient (Wildman–Crippen LogP) is -6.18. The molecule has 14 N–H and O–H groups in total. The minimum atomic E-state index is -1.00. The fourth-order valence-corrected chi connectivity index (χ4v) is 9.46. The van der Waals surface area contributed by atoms with Crippen LogP contribution in [0.25, 0.3) is 0 Å². The number of hydrogen-bond acceptors (Lipinski definition) is 28. The molecule has 39 heteroatoms. The number of aliphatic carboxylic acids is 1. The number of unbranched alkanes of at least 4 members (excludes halogenated alkanes) is 3.